The summed E-state index contributed by atoms with van der Waals surface area (Å²) in [6.45, 7) is 3.10. The topological polar surface area (TPSA) is 67.4 Å². The van der Waals surface area contributed by atoms with Crippen LogP contribution in [-0.4, -0.2) is 34.7 Å². The molecule has 0 atom stereocenters. The Kier molecular flexibility index (Phi) is 5.99. The van der Waals surface area contributed by atoms with Gasteiger partial charge < -0.3 is 15.0 Å². The van der Waals surface area contributed by atoms with Gasteiger partial charge in [0.2, 0.25) is 0 Å². The zero-order valence-electron chi connectivity index (χ0n) is 15.4. The molecule has 0 radical (unpaired) electrons. The van der Waals surface area contributed by atoms with Crippen LogP contribution in [0.1, 0.15) is 23.0 Å². The first-order valence-corrected chi connectivity index (χ1v) is 8.77. The van der Waals surface area contributed by atoms with Crippen molar-refractivity contribution < 1.29 is 9.53 Å². The number of carbonyl (C=O) groups excluding carboxylic acids is 1. The molecule has 1 heterocycles. The summed E-state index contributed by atoms with van der Waals surface area (Å²) in [5, 5.41) is 11.4. The van der Waals surface area contributed by atoms with Gasteiger partial charge in [-0.05, 0) is 48.9 Å². The van der Waals surface area contributed by atoms with E-state index >= 15 is 0 Å². The second-order valence-corrected chi connectivity index (χ2v) is 5.96. The van der Waals surface area contributed by atoms with Crippen molar-refractivity contribution in [2.45, 2.75) is 13.5 Å². The molecular formula is C21H22N4O2. The van der Waals surface area contributed by atoms with Gasteiger partial charge in [-0.3, -0.25) is 4.79 Å². The summed E-state index contributed by atoms with van der Waals surface area (Å²) in [5.41, 5.74) is 2.27. The molecule has 0 aliphatic rings. The third-order valence-electron chi connectivity index (χ3n) is 4.13. The first-order valence-electron chi connectivity index (χ1n) is 8.77. The van der Waals surface area contributed by atoms with Gasteiger partial charge in [-0.1, -0.05) is 30.3 Å². The Balaban J connectivity index is 1.66. The third kappa shape index (κ3) is 4.82. The van der Waals surface area contributed by atoms with Crippen LogP contribution >= 0.6 is 0 Å². The maximum Gasteiger partial charge on any atom is 0.274 e. The molecule has 1 aromatic heterocycles. The second kappa shape index (κ2) is 8.80. The fourth-order valence-electron chi connectivity index (χ4n) is 2.63. The Labute approximate surface area is 158 Å². The lowest BCUT2D eigenvalue weighted by Crippen LogP contribution is -2.31. The van der Waals surface area contributed by atoms with E-state index in [1.54, 1.807) is 24.1 Å². The van der Waals surface area contributed by atoms with Crippen molar-refractivity contribution in [2.24, 2.45) is 0 Å². The smallest absolute Gasteiger partial charge is 0.274 e. The summed E-state index contributed by atoms with van der Waals surface area (Å²) in [7, 11) is 1.63. The van der Waals surface area contributed by atoms with E-state index in [4.69, 9.17) is 4.74 Å². The maximum absolute atomic E-state index is 12.7. The SMILES string of the molecule is CCN(Cc1ccccc1)C(=O)c1ccc(Nc2ccc(OC)cc2)nn1. The van der Waals surface area contributed by atoms with Crippen molar-refractivity contribution in [1.82, 2.24) is 15.1 Å². The van der Waals surface area contributed by atoms with Crippen LogP contribution in [0.15, 0.2) is 66.7 Å². The van der Waals surface area contributed by atoms with Gasteiger partial charge in [0.25, 0.3) is 5.91 Å². The van der Waals surface area contributed by atoms with Crippen LogP contribution in [0.3, 0.4) is 0 Å². The van der Waals surface area contributed by atoms with E-state index in [0.29, 0.717) is 24.6 Å². The van der Waals surface area contributed by atoms with Gasteiger partial charge in [-0.2, -0.15) is 0 Å². The molecule has 0 saturated heterocycles. The minimum Gasteiger partial charge on any atom is -0.497 e. The Morgan fingerprint density at radius 3 is 2.33 bits per heavy atom. The van der Waals surface area contributed by atoms with Gasteiger partial charge in [0, 0.05) is 18.8 Å². The monoisotopic (exact) mass is 362 g/mol. The number of amides is 1. The zero-order valence-corrected chi connectivity index (χ0v) is 15.4. The molecule has 1 N–H and O–H groups in total. The number of hydrogen-bond donors (Lipinski definition) is 1. The number of aromatic nitrogens is 2. The summed E-state index contributed by atoms with van der Waals surface area (Å²) in [5.74, 6) is 1.22. The minimum absolute atomic E-state index is 0.134. The summed E-state index contributed by atoms with van der Waals surface area (Å²) in [4.78, 5) is 14.5. The number of nitrogens with one attached hydrogen (secondary N) is 1. The number of anilines is 2. The first kappa shape index (κ1) is 18.4. The highest BCUT2D eigenvalue weighted by atomic mass is 16.5. The van der Waals surface area contributed by atoms with Crippen molar-refractivity contribution in [3.05, 3.63) is 78.0 Å². The van der Waals surface area contributed by atoms with Crippen LogP contribution < -0.4 is 10.1 Å². The van der Waals surface area contributed by atoms with E-state index in [1.165, 1.54) is 0 Å². The molecule has 0 saturated carbocycles. The van der Waals surface area contributed by atoms with Gasteiger partial charge in [0.15, 0.2) is 11.5 Å². The van der Waals surface area contributed by atoms with Crippen LogP contribution in [0.4, 0.5) is 11.5 Å². The second-order valence-electron chi connectivity index (χ2n) is 5.96. The van der Waals surface area contributed by atoms with Crippen molar-refractivity contribution in [1.29, 1.82) is 0 Å². The highest BCUT2D eigenvalue weighted by molar-refractivity contribution is 5.92. The highest BCUT2D eigenvalue weighted by Crippen LogP contribution is 2.18. The van der Waals surface area contributed by atoms with Crippen molar-refractivity contribution in [3.8, 4) is 5.75 Å². The predicted molar refractivity (Wildman–Crippen MR) is 105 cm³/mol. The third-order valence-corrected chi connectivity index (χ3v) is 4.13. The summed E-state index contributed by atoms with van der Waals surface area (Å²) >= 11 is 0. The normalized spacial score (nSPS) is 10.3. The Hall–Kier alpha value is -3.41. The standard InChI is InChI=1S/C21H22N4O2/c1-3-25(15-16-7-5-4-6-8-16)21(26)19-13-14-20(24-23-19)22-17-9-11-18(27-2)12-10-17/h4-14H,3,15H2,1-2H3,(H,22,24). The van der Waals surface area contributed by atoms with E-state index in [-0.39, 0.29) is 5.91 Å². The average molecular weight is 362 g/mol. The Morgan fingerprint density at radius 1 is 1.00 bits per heavy atom. The minimum atomic E-state index is -0.134. The number of rotatable bonds is 7. The molecule has 3 rings (SSSR count). The lowest BCUT2D eigenvalue weighted by molar-refractivity contribution is 0.0745. The van der Waals surface area contributed by atoms with Gasteiger partial charge in [-0.15, -0.1) is 10.2 Å². The molecular weight excluding hydrogens is 340 g/mol. The summed E-state index contributed by atoms with van der Waals surface area (Å²) in [6, 6.07) is 20.8. The summed E-state index contributed by atoms with van der Waals surface area (Å²) < 4.78 is 5.14. The molecule has 0 aliphatic heterocycles. The van der Waals surface area contributed by atoms with Crippen molar-refractivity contribution >= 4 is 17.4 Å². The number of nitrogens with zero attached hydrogens (tertiary/aromatic N) is 3. The number of hydrogen-bond acceptors (Lipinski definition) is 5. The summed E-state index contributed by atoms with van der Waals surface area (Å²) in [6.07, 6.45) is 0. The molecule has 6 nitrogen and oxygen atoms in total. The predicted octanol–water partition coefficient (Wildman–Crippen LogP) is 3.89. The lowest BCUT2D eigenvalue weighted by Gasteiger charge is -2.20. The van der Waals surface area contributed by atoms with E-state index in [2.05, 4.69) is 15.5 Å². The van der Waals surface area contributed by atoms with E-state index in [0.717, 1.165) is 17.0 Å². The first-order chi connectivity index (χ1) is 13.2. The largest absolute Gasteiger partial charge is 0.497 e. The van der Waals surface area contributed by atoms with Gasteiger partial charge in [-0.25, -0.2) is 0 Å². The van der Waals surface area contributed by atoms with Crippen LogP contribution in [-0.2, 0) is 6.54 Å². The molecule has 2 aromatic carbocycles. The van der Waals surface area contributed by atoms with Crippen LogP contribution in [0.5, 0.6) is 5.75 Å². The lowest BCUT2D eigenvalue weighted by atomic mass is 10.2. The molecule has 27 heavy (non-hydrogen) atoms. The Morgan fingerprint density at radius 2 is 1.74 bits per heavy atom. The molecule has 0 bridgehead atoms. The van der Waals surface area contributed by atoms with Gasteiger partial charge in [0.1, 0.15) is 5.75 Å². The number of carbonyl (C=O) groups is 1. The van der Waals surface area contributed by atoms with Crippen molar-refractivity contribution in [3.63, 3.8) is 0 Å². The number of benzene rings is 2. The zero-order chi connectivity index (χ0) is 19.1. The quantitative estimate of drug-likeness (QED) is 0.691. The fraction of sp³-hybridized carbons (Fsp3) is 0.190. The molecule has 3 aromatic rings. The highest BCUT2D eigenvalue weighted by Gasteiger charge is 2.16. The molecule has 138 valence electrons. The van der Waals surface area contributed by atoms with Gasteiger partial charge >= 0.3 is 0 Å². The average Bonchev–Trinajstić information content (AvgIpc) is 2.73. The Bertz CT molecular complexity index is 865. The van der Waals surface area contributed by atoms with Crippen molar-refractivity contribution in [2.75, 3.05) is 19.0 Å². The molecule has 6 heteroatoms. The molecule has 0 spiro atoms. The van der Waals surface area contributed by atoms with Crippen LogP contribution in [0.2, 0.25) is 0 Å². The molecule has 0 aliphatic carbocycles. The fourth-order valence-corrected chi connectivity index (χ4v) is 2.63. The van der Waals surface area contributed by atoms with Gasteiger partial charge in [0.05, 0.1) is 7.11 Å². The number of ether oxygens (including phenoxy) is 1. The van der Waals surface area contributed by atoms with E-state index < -0.39 is 0 Å². The van der Waals surface area contributed by atoms with Crippen LogP contribution in [0, 0.1) is 0 Å². The van der Waals surface area contributed by atoms with E-state index in [1.807, 2.05) is 61.5 Å². The number of methoxy groups -OCH3 is 1. The van der Waals surface area contributed by atoms with Crippen LogP contribution in [0.25, 0.3) is 0 Å². The maximum atomic E-state index is 12.7. The molecule has 0 unspecified atom stereocenters. The molecule has 0 fully saturated rings. The molecule has 1 amide bonds. The van der Waals surface area contributed by atoms with E-state index in [9.17, 15) is 4.79 Å².